The SMILES string of the molecule is CCC(=O)[C@H](C#N)c1ccc(Br)cc1. The normalized spacial score (nSPS) is 11.8. The first-order chi connectivity index (χ1) is 6.69. The third-order valence-electron chi connectivity index (χ3n) is 2.00. The molecule has 0 spiro atoms. The van der Waals surface area contributed by atoms with Crippen LogP contribution in [-0.4, -0.2) is 5.78 Å². The Morgan fingerprint density at radius 3 is 2.50 bits per heavy atom. The standard InChI is InChI=1S/C11H10BrNO/c1-2-11(14)10(7-13)8-3-5-9(12)6-4-8/h3-6,10H,2H2,1H3/t10-/m1/s1. The summed E-state index contributed by atoms with van der Waals surface area (Å²) in [4.78, 5) is 11.4. The number of nitrogens with zero attached hydrogens (tertiary/aromatic N) is 1. The maximum Gasteiger partial charge on any atom is 0.154 e. The third kappa shape index (κ3) is 2.43. The number of benzene rings is 1. The number of halogens is 1. The molecule has 0 saturated heterocycles. The lowest BCUT2D eigenvalue weighted by Gasteiger charge is -2.06. The van der Waals surface area contributed by atoms with E-state index in [1.165, 1.54) is 0 Å². The summed E-state index contributed by atoms with van der Waals surface area (Å²) in [6.45, 7) is 1.77. The van der Waals surface area contributed by atoms with Gasteiger partial charge in [0, 0.05) is 10.9 Å². The van der Waals surface area contributed by atoms with Crippen molar-refractivity contribution in [1.29, 1.82) is 5.26 Å². The number of hydrogen-bond donors (Lipinski definition) is 0. The first kappa shape index (κ1) is 10.9. The molecule has 0 aliphatic carbocycles. The number of carbonyl (C=O) groups is 1. The van der Waals surface area contributed by atoms with Gasteiger partial charge in [-0.3, -0.25) is 4.79 Å². The van der Waals surface area contributed by atoms with E-state index in [4.69, 9.17) is 5.26 Å². The van der Waals surface area contributed by atoms with Gasteiger partial charge in [-0.25, -0.2) is 0 Å². The summed E-state index contributed by atoms with van der Waals surface area (Å²) < 4.78 is 0.946. The van der Waals surface area contributed by atoms with Crippen molar-refractivity contribution in [3.8, 4) is 6.07 Å². The van der Waals surface area contributed by atoms with Crippen LogP contribution < -0.4 is 0 Å². The van der Waals surface area contributed by atoms with Crippen LogP contribution in [0.3, 0.4) is 0 Å². The van der Waals surface area contributed by atoms with Crippen LogP contribution in [0.15, 0.2) is 28.7 Å². The van der Waals surface area contributed by atoms with Gasteiger partial charge in [-0.1, -0.05) is 35.0 Å². The Bertz CT molecular complexity index is 364. The van der Waals surface area contributed by atoms with Crippen molar-refractivity contribution in [2.75, 3.05) is 0 Å². The Kier molecular flexibility index (Phi) is 3.84. The highest BCUT2D eigenvalue weighted by Crippen LogP contribution is 2.19. The van der Waals surface area contributed by atoms with Crippen molar-refractivity contribution >= 4 is 21.7 Å². The molecule has 1 aromatic rings. The van der Waals surface area contributed by atoms with Crippen LogP contribution in [0.2, 0.25) is 0 Å². The third-order valence-corrected chi connectivity index (χ3v) is 2.53. The molecule has 0 heterocycles. The summed E-state index contributed by atoms with van der Waals surface area (Å²) in [5.74, 6) is -0.650. The molecule has 0 unspecified atom stereocenters. The molecule has 0 bridgehead atoms. The zero-order valence-corrected chi connectivity index (χ0v) is 9.41. The zero-order valence-electron chi connectivity index (χ0n) is 7.83. The highest BCUT2D eigenvalue weighted by molar-refractivity contribution is 9.10. The van der Waals surface area contributed by atoms with Gasteiger partial charge in [0.05, 0.1) is 6.07 Å². The summed E-state index contributed by atoms with van der Waals surface area (Å²) in [5, 5.41) is 8.87. The predicted octanol–water partition coefficient (Wildman–Crippen LogP) is 3.04. The van der Waals surface area contributed by atoms with Crippen molar-refractivity contribution in [2.24, 2.45) is 0 Å². The van der Waals surface area contributed by atoms with E-state index in [-0.39, 0.29) is 5.78 Å². The largest absolute Gasteiger partial charge is 0.298 e. The van der Waals surface area contributed by atoms with E-state index in [9.17, 15) is 4.79 Å². The minimum absolute atomic E-state index is 0.0326. The van der Waals surface area contributed by atoms with E-state index in [2.05, 4.69) is 15.9 Å². The van der Waals surface area contributed by atoms with E-state index in [1.807, 2.05) is 18.2 Å². The van der Waals surface area contributed by atoms with E-state index in [0.717, 1.165) is 10.0 Å². The first-order valence-electron chi connectivity index (χ1n) is 4.36. The summed E-state index contributed by atoms with van der Waals surface area (Å²) in [5.41, 5.74) is 0.766. The molecule has 0 fully saturated rings. The maximum absolute atomic E-state index is 11.4. The van der Waals surface area contributed by atoms with E-state index < -0.39 is 5.92 Å². The minimum Gasteiger partial charge on any atom is -0.298 e. The number of hydrogen-bond acceptors (Lipinski definition) is 2. The zero-order chi connectivity index (χ0) is 10.6. The highest BCUT2D eigenvalue weighted by Gasteiger charge is 2.17. The van der Waals surface area contributed by atoms with Crippen molar-refractivity contribution in [3.05, 3.63) is 34.3 Å². The lowest BCUT2D eigenvalue weighted by atomic mass is 9.95. The fourth-order valence-electron chi connectivity index (χ4n) is 1.19. The summed E-state index contributed by atoms with van der Waals surface area (Å²) in [6, 6.07) is 9.29. The highest BCUT2D eigenvalue weighted by atomic mass is 79.9. The lowest BCUT2D eigenvalue weighted by molar-refractivity contribution is -0.119. The number of Topliss-reactive ketones (excluding diaryl/α,β-unsaturated/α-hetero) is 1. The van der Waals surface area contributed by atoms with Crippen LogP contribution in [0, 0.1) is 11.3 Å². The Balaban J connectivity index is 2.97. The molecule has 0 aliphatic rings. The Morgan fingerprint density at radius 1 is 1.50 bits per heavy atom. The Labute approximate surface area is 91.7 Å². The van der Waals surface area contributed by atoms with Crippen LogP contribution in [0.5, 0.6) is 0 Å². The Morgan fingerprint density at radius 2 is 2.07 bits per heavy atom. The molecule has 0 saturated carbocycles. The second kappa shape index (κ2) is 4.92. The molecule has 1 aromatic carbocycles. The van der Waals surface area contributed by atoms with Gasteiger partial charge in [0.2, 0.25) is 0 Å². The number of carbonyl (C=O) groups excluding carboxylic acids is 1. The molecule has 0 aromatic heterocycles. The molecule has 3 heteroatoms. The van der Waals surface area contributed by atoms with Gasteiger partial charge in [0.15, 0.2) is 5.78 Å². The number of ketones is 1. The smallest absolute Gasteiger partial charge is 0.154 e. The monoisotopic (exact) mass is 251 g/mol. The maximum atomic E-state index is 11.4. The number of nitriles is 1. The summed E-state index contributed by atoms with van der Waals surface area (Å²) >= 11 is 3.30. The average molecular weight is 252 g/mol. The van der Waals surface area contributed by atoms with E-state index >= 15 is 0 Å². The van der Waals surface area contributed by atoms with Crippen molar-refractivity contribution in [2.45, 2.75) is 19.3 Å². The topological polar surface area (TPSA) is 40.9 Å². The van der Waals surface area contributed by atoms with Crippen LogP contribution in [0.25, 0.3) is 0 Å². The fraction of sp³-hybridized carbons (Fsp3) is 0.273. The molecule has 72 valence electrons. The summed E-state index contributed by atoms with van der Waals surface area (Å²) in [6.07, 6.45) is 0.397. The molecule has 2 nitrogen and oxygen atoms in total. The molecule has 0 aliphatic heterocycles. The molecule has 1 rings (SSSR count). The van der Waals surface area contributed by atoms with Crippen LogP contribution in [0.1, 0.15) is 24.8 Å². The van der Waals surface area contributed by atoms with Gasteiger partial charge in [-0.2, -0.15) is 5.26 Å². The van der Waals surface area contributed by atoms with E-state index in [1.54, 1.807) is 19.1 Å². The van der Waals surface area contributed by atoms with Gasteiger partial charge in [0.1, 0.15) is 5.92 Å². The molecule has 0 N–H and O–H groups in total. The molecular formula is C11H10BrNO. The molecule has 0 amide bonds. The van der Waals surface area contributed by atoms with Gasteiger partial charge in [-0.05, 0) is 17.7 Å². The van der Waals surface area contributed by atoms with Crippen molar-refractivity contribution < 1.29 is 4.79 Å². The van der Waals surface area contributed by atoms with Gasteiger partial charge >= 0.3 is 0 Å². The lowest BCUT2D eigenvalue weighted by Crippen LogP contribution is -2.08. The fourth-order valence-corrected chi connectivity index (χ4v) is 1.46. The molecule has 14 heavy (non-hydrogen) atoms. The Hall–Kier alpha value is -1.14. The summed E-state index contributed by atoms with van der Waals surface area (Å²) in [7, 11) is 0. The van der Waals surface area contributed by atoms with Crippen LogP contribution in [0.4, 0.5) is 0 Å². The van der Waals surface area contributed by atoms with Crippen LogP contribution in [-0.2, 0) is 4.79 Å². The first-order valence-corrected chi connectivity index (χ1v) is 5.16. The predicted molar refractivity (Wildman–Crippen MR) is 57.8 cm³/mol. The van der Waals surface area contributed by atoms with Gasteiger partial charge in [-0.15, -0.1) is 0 Å². The molecule has 0 radical (unpaired) electrons. The average Bonchev–Trinajstić information content (AvgIpc) is 2.21. The van der Waals surface area contributed by atoms with Gasteiger partial charge < -0.3 is 0 Å². The van der Waals surface area contributed by atoms with Gasteiger partial charge in [0.25, 0.3) is 0 Å². The second-order valence-electron chi connectivity index (χ2n) is 2.93. The van der Waals surface area contributed by atoms with Crippen LogP contribution >= 0.6 is 15.9 Å². The second-order valence-corrected chi connectivity index (χ2v) is 3.85. The molecule has 1 atom stereocenters. The quantitative estimate of drug-likeness (QED) is 0.829. The molecular weight excluding hydrogens is 242 g/mol. The van der Waals surface area contributed by atoms with Crippen molar-refractivity contribution in [3.63, 3.8) is 0 Å². The number of rotatable bonds is 3. The van der Waals surface area contributed by atoms with Crippen molar-refractivity contribution in [1.82, 2.24) is 0 Å². The minimum atomic E-state index is -0.618. The van der Waals surface area contributed by atoms with E-state index in [0.29, 0.717) is 6.42 Å².